The average molecular weight is 379 g/mol. The zero-order valence-electron chi connectivity index (χ0n) is 13.1. The van der Waals surface area contributed by atoms with Crippen LogP contribution in [0.3, 0.4) is 0 Å². The van der Waals surface area contributed by atoms with E-state index in [0.29, 0.717) is 36.7 Å². The fourth-order valence-corrected chi connectivity index (χ4v) is 7.12. The van der Waals surface area contributed by atoms with Gasteiger partial charge in [0.05, 0.1) is 5.25 Å². The molecule has 1 saturated carbocycles. The number of sulfonamides is 2. The van der Waals surface area contributed by atoms with Gasteiger partial charge in [-0.2, -0.15) is 0 Å². The number of hydrogen-bond acceptors (Lipinski definition) is 5. The zero-order chi connectivity index (χ0) is 16.7. The fraction of sp³-hybridized carbons (Fsp3) is 0.714. The van der Waals surface area contributed by atoms with Crippen molar-refractivity contribution >= 4 is 31.4 Å². The molecule has 0 atom stereocenters. The van der Waals surface area contributed by atoms with Gasteiger partial charge >= 0.3 is 0 Å². The first-order valence-electron chi connectivity index (χ1n) is 7.84. The van der Waals surface area contributed by atoms with Crippen LogP contribution in [0.4, 0.5) is 0 Å². The Balaban J connectivity index is 1.51. The first-order valence-corrected chi connectivity index (χ1v) is 11.6. The molecule has 9 heteroatoms. The molecule has 0 radical (unpaired) electrons. The second-order valence-electron chi connectivity index (χ2n) is 6.30. The summed E-state index contributed by atoms with van der Waals surface area (Å²) in [6, 6.07) is 3.41. The van der Waals surface area contributed by atoms with Crippen LogP contribution in [0.5, 0.6) is 0 Å². The molecule has 23 heavy (non-hydrogen) atoms. The van der Waals surface area contributed by atoms with Crippen molar-refractivity contribution in [1.29, 1.82) is 0 Å². The highest BCUT2D eigenvalue weighted by Gasteiger charge is 2.41. The normalized spacial score (nSPS) is 21.6. The highest BCUT2D eigenvalue weighted by Crippen LogP contribution is 2.33. The number of thiophene rings is 1. The summed E-state index contributed by atoms with van der Waals surface area (Å²) in [5.74, 6) is 0.191. The van der Waals surface area contributed by atoms with Crippen LogP contribution in [0.1, 0.15) is 30.6 Å². The molecular weight excluding hydrogens is 356 g/mol. The van der Waals surface area contributed by atoms with E-state index in [0.717, 1.165) is 17.7 Å². The summed E-state index contributed by atoms with van der Waals surface area (Å²) >= 11 is 1.26. The van der Waals surface area contributed by atoms with E-state index in [1.807, 2.05) is 6.92 Å². The molecule has 130 valence electrons. The quantitative estimate of drug-likeness (QED) is 0.814. The van der Waals surface area contributed by atoms with Gasteiger partial charge in [-0.15, -0.1) is 11.3 Å². The monoisotopic (exact) mass is 378 g/mol. The Bertz CT molecular complexity index is 758. The van der Waals surface area contributed by atoms with Crippen LogP contribution >= 0.6 is 11.3 Å². The van der Waals surface area contributed by atoms with Gasteiger partial charge in [-0.25, -0.2) is 25.9 Å². The van der Waals surface area contributed by atoms with Crippen molar-refractivity contribution in [2.45, 2.75) is 42.1 Å². The largest absolute Gasteiger partial charge is 0.250 e. The Morgan fingerprint density at radius 1 is 1.13 bits per heavy atom. The molecule has 2 fully saturated rings. The van der Waals surface area contributed by atoms with Gasteiger partial charge < -0.3 is 0 Å². The first-order chi connectivity index (χ1) is 10.8. The summed E-state index contributed by atoms with van der Waals surface area (Å²) in [7, 11) is -6.55. The minimum atomic E-state index is -3.45. The summed E-state index contributed by atoms with van der Waals surface area (Å²) in [5.41, 5.74) is 0. The number of piperidine rings is 1. The maximum Gasteiger partial charge on any atom is 0.250 e. The van der Waals surface area contributed by atoms with E-state index < -0.39 is 20.0 Å². The van der Waals surface area contributed by atoms with Gasteiger partial charge in [0.1, 0.15) is 4.21 Å². The van der Waals surface area contributed by atoms with Crippen LogP contribution in [-0.4, -0.2) is 46.0 Å². The van der Waals surface area contributed by atoms with Crippen LogP contribution in [0.15, 0.2) is 16.3 Å². The Hall–Kier alpha value is -0.480. The molecule has 0 spiro atoms. The third kappa shape index (κ3) is 3.96. The van der Waals surface area contributed by atoms with E-state index in [1.165, 1.54) is 11.3 Å². The molecule has 2 aliphatic rings. The van der Waals surface area contributed by atoms with Crippen LogP contribution in [0.2, 0.25) is 0 Å². The van der Waals surface area contributed by atoms with Gasteiger partial charge in [0.15, 0.2) is 0 Å². The van der Waals surface area contributed by atoms with E-state index >= 15 is 0 Å². The first kappa shape index (κ1) is 17.3. The minimum absolute atomic E-state index is 0.167. The molecule has 1 N–H and O–H groups in total. The molecule has 0 bridgehead atoms. The molecule has 3 rings (SSSR count). The summed E-state index contributed by atoms with van der Waals surface area (Å²) in [6.07, 6.45) is 2.97. The van der Waals surface area contributed by atoms with Crippen molar-refractivity contribution in [3.8, 4) is 0 Å². The lowest BCUT2D eigenvalue weighted by atomic mass is 9.99. The lowest BCUT2D eigenvalue weighted by Crippen LogP contribution is -2.42. The number of nitrogens with zero attached hydrogens (tertiary/aromatic N) is 1. The highest BCUT2D eigenvalue weighted by molar-refractivity contribution is 7.91. The van der Waals surface area contributed by atoms with Crippen molar-refractivity contribution in [3.63, 3.8) is 0 Å². The minimum Gasteiger partial charge on any atom is -0.212 e. The van der Waals surface area contributed by atoms with E-state index in [4.69, 9.17) is 0 Å². The predicted octanol–water partition coefficient (Wildman–Crippen LogP) is 1.54. The average Bonchev–Trinajstić information content (AvgIpc) is 3.28. The van der Waals surface area contributed by atoms with Crippen LogP contribution in [0, 0.1) is 12.8 Å². The van der Waals surface area contributed by atoms with Crippen LogP contribution in [0.25, 0.3) is 0 Å². The maximum absolute atomic E-state index is 12.2. The Kier molecular flexibility index (Phi) is 4.85. The van der Waals surface area contributed by atoms with Gasteiger partial charge in [-0.05, 0) is 50.7 Å². The predicted molar refractivity (Wildman–Crippen MR) is 90.5 cm³/mol. The van der Waals surface area contributed by atoms with E-state index in [9.17, 15) is 16.8 Å². The van der Waals surface area contributed by atoms with Crippen LogP contribution < -0.4 is 4.72 Å². The van der Waals surface area contributed by atoms with E-state index in [-0.39, 0.29) is 11.2 Å². The zero-order valence-corrected chi connectivity index (χ0v) is 15.5. The molecule has 0 unspecified atom stereocenters. The van der Waals surface area contributed by atoms with Gasteiger partial charge in [0, 0.05) is 24.5 Å². The summed E-state index contributed by atoms with van der Waals surface area (Å²) in [5, 5.41) is -0.167. The molecule has 6 nitrogen and oxygen atoms in total. The number of nitrogens with one attached hydrogen (secondary N) is 1. The third-order valence-corrected chi connectivity index (χ3v) is 9.74. The second kappa shape index (κ2) is 6.44. The fourth-order valence-electron chi connectivity index (χ4n) is 2.80. The molecular formula is C14H22N2O4S3. The summed E-state index contributed by atoms with van der Waals surface area (Å²) < 4.78 is 53.3. The standard InChI is InChI=1S/C14H22N2O4S3/c1-11-2-5-14(21-11)22(17,18)15-10-12-6-8-16(9-7-12)23(19,20)13-3-4-13/h2,5,12-13,15H,3-4,6-10H2,1H3. The Morgan fingerprint density at radius 2 is 1.78 bits per heavy atom. The molecule has 1 aromatic rings. The van der Waals surface area contributed by atoms with Crippen molar-refractivity contribution in [1.82, 2.24) is 9.03 Å². The molecule has 1 aromatic heterocycles. The maximum atomic E-state index is 12.2. The molecule has 0 aromatic carbocycles. The Morgan fingerprint density at radius 3 is 2.30 bits per heavy atom. The Labute approximate surface area is 142 Å². The smallest absolute Gasteiger partial charge is 0.212 e. The van der Waals surface area contributed by atoms with Crippen molar-refractivity contribution < 1.29 is 16.8 Å². The number of rotatable bonds is 6. The lowest BCUT2D eigenvalue weighted by molar-refractivity contribution is 0.274. The van der Waals surface area contributed by atoms with Gasteiger partial charge in [0.25, 0.3) is 0 Å². The van der Waals surface area contributed by atoms with Crippen molar-refractivity contribution in [2.75, 3.05) is 19.6 Å². The lowest BCUT2D eigenvalue weighted by Gasteiger charge is -2.31. The third-order valence-electron chi connectivity index (χ3n) is 4.42. The van der Waals surface area contributed by atoms with Crippen molar-refractivity contribution in [3.05, 3.63) is 17.0 Å². The van der Waals surface area contributed by atoms with E-state index in [2.05, 4.69) is 4.72 Å². The molecule has 2 heterocycles. The molecule has 1 aliphatic heterocycles. The van der Waals surface area contributed by atoms with E-state index in [1.54, 1.807) is 16.4 Å². The molecule has 0 amide bonds. The van der Waals surface area contributed by atoms with Crippen LogP contribution in [-0.2, 0) is 20.0 Å². The van der Waals surface area contributed by atoms with Crippen molar-refractivity contribution in [2.24, 2.45) is 5.92 Å². The van der Waals surface area contributed by atoms with Gasteiger partial charge in [-0.3, -0.25) is 0 Å². The molecule has 1 saturated heterocycles. The number of hydrogen-bond donors (Lipinski definition) is 1. The SMILES string of the molecule is Cc1ccc(S(=O)(=O)NCC2CCN(S(=O)(=O)C3CC3)CC2)s1. The van der Waals surface area contributed by atoms with Gasteiger partial charge in [-0.1, -0.05) is 0 Å². The topological polar surface area (TPSA) is 83.6 Å². The summed E-state index contributed by atoms with van der Waals surface area (Å²) in [6.45, 7) is 3.25. The number of aryl methyl sites for hydroxylation is 1. The highest BCUT2D eigenvalue weighted by atomic mass is 32.2. The second-order valence-corrected chi connectivity index (χ2v) is 11.8. The summed E-state index contributed by atoms with van der Waals surface area (Å²) in [4.78, 5) is 0.962. The molecule has 1 aliphatic carbocycles. The van der Waals surface area contributed by atoms with Gasteiger partial charge in [0.2, 0.25) is 20.0 Å².